The number of carbonyl (C=O) groups is 8. The van der Waals surface area contributed by atoms with Crippen molar-refractivity contribution in [3.63, 3.8) is 0 Å². The first kappa shape index (κ1) is 76.5. The Balaban J connectivity index is -0.0000000956. The molecule has 0 radical (unpaired) electrons. The van der Waals surface area contributed by atoms with Crippen LogP contribution in [0.1, 0.15) is 134 Å². The quantitative estimate of drug-likeness (QED) is 0.0263. The Hall–Kier alpha value is -6.24. The molecule has 1 aliphatic rings. The van der Waals surface area contributed by atoms with Crippen molar-refractivity contribution in [3.8, 4) is 0 Å². The topological polar surface area (TPSA) is 339 Å². The monoisotopic (exact) mass is 1130 g/mol. The van der Waals surface area contributed by atoms with Crippen molar-refractivity contribution >= 4 is 73.6 Å². The molecular weight excluding hydrogens is 1050 g/mol. The van der Waals surface area contributed by atoms with Gasteiger partial charge in [0.25, 0.3) is 12.3 Å². The predicted molar refractivity (Wildman–Crippen MR) is 241 cm³/mol. The number of rotatable bonds is 21. The van der Waals surface area contributed by atoms with Crippen LogP contribution >= 0.6 is 0 Å². The summed E-state index contributed by atoms with van der Waals surface area (Å²) in [6, 6.07) is -0.781. The van der Waals surface area contributed by atoms with E-state index in [0.717, 1.165) is 38.3 Å². The molecule has 1 rings (SSSR count). The fraction of sp³-hybridized carbons (Fsp3) is 0.707. The minimum absolute atomic E-state index is 0. The summed E-state index contributed by atoms with van der Waals surface area (Å²) in [7, 11) is 3.56. The molecule has 0 spiro atoms. The average Bonchev–Trinajstić information content (AvgIpc) is 3.58. The molecule has 1 unspecified atom stereocenters. The maximum Gasteiger partial charge on any atom is 0.351 e. The van der Waals surface area contributed by atoms with Crippen molar-refractivity contribution in [3.05, 3.63) is 0 Å². The summed E-state index contributed by atoms with van der Waals surface area (Å²) in [4.78, 5) is 96.8. The van der Waals surface area contributed by atoms with Crippen LogP contribution < -0.4 is 32.8 Å². The molecule has 0 fully saturated rings. The van der Waals surface area contributed by atoms with E-state index < -0.39 is 6.04 Å². The third-order valence-electron chi connectivity index (χ3n) is 6.17. The fourth-order valence-electron chi connectivity index (χ4n) is 3.62. The predicted octanol–water partition coefficient (Wildman–Crippen LogP) is 1.07. The normalized spacial score (nSPS) is 10.9. The molecule has 0 aromatic carbocycles. The van der Waals surface area contributed by atoms with Crippen LogP contribution in [0, 0.1) is 16.7 Å². The number of carbonyl (C=O) groups excluding carboxylic acids is 9. The number of hydrogen-bond acceptors (Lipinski definition) is 14. The molecule has 1 heterocycles. The maximum atomic E-state index is 12.2. The van der Waals surface area contributed by atoms with Crippen LogP contribution in [0.2, 0.25) is 0 Å². The SMILES string of the molecule is CC.CC(C)CC(N)=O.CC(C)OC=O.CCC.CNCCCCC(=O)N[C@H](C=O)CCC1=[NH+]CC(=O)N1C(C)CCC(=O)C=N.COC(C)C.N=CC=O.NC=O.N[C-]=O.[Fm]. The third-order valence-corrected chi connectivity index (χ3v) is 6.17. The van der Waals surface area contributed by atoms with Gasteiger partial charge in [-0.1, -0.05) is 48.0 Å². The Morgan fingerprint density at radius 3 is 1.71 bits per heavy atom. The number of ether oxygens (including phenoxy) is 2. The zero-order valence-corrected chi connectivity index (χ0v) is 42.0. The van der Waals surface area contributed by atoms with Crippen molar-refractivity contribution in [1.29, 1.82) is 10.8 Å². The van der Waals surface area contributed by atoms with Crippen molar-refractivity contribution < 1.29 is 57.6 Å². The first-order valence-electron chi connectivity index (χ1n) is 20.2. The van der Waals surface area contributed by atoms with Gasteiger partial charge in [-0.05, 0) is 79.8 Å². The zero-order valence-electron chi connectivity index (χ0n) is 39.6. The molecule has 0 aromatic rings. The number of nitrogens with one attached hydrogen (secondary N) is 5. The molecular formula is C41H83FmN9O11. The Bertz CT molecular complexity index is 1130. The number of hydrogen-bond donors (Lipinski definition) is 8. The van der Waals surface area contributed by atoms with Crippen LogP contribution in [-0.4, -0.2) is 130 Å². The number of methoxy groups -OCH3 is 1. The number of nitrogens with two attached hydrogens (primary N) is 3. The fourth-order valence-corrected chi connectivity index (χ4v) is 3.62. The molecule has 0 saturated carbocycles. The number of amides is 5. The standard InChI is InChI=1S/C19H31N5O4.C5H11NO.C4H8O2.C4H10O.C3H8.C2H3NO.C2H6.CH3NO.CH2NO.Fm/c1-14(6-8-16(26)11-20)24-17(22-12-19(24)28)9-7-15(13-25)23-18(27)5-3-4-10-21-2;1-4(2)3-5(6)7;1-4(2)6-3-5;1-4(2)5-3;1-3-2;3-1-2-4;1-2;2*2-1-3;/h11,13-15,20-21H,3-10,12H2,1-2H3,(H,23,27);4H,3H2,1-2H3,(H2,6,7);3-4H,1-2H3;4H,1-3H3;3H2,1-2H3;1-3H;1-2H3;1H,(H2,2,3);(H2,2,3);/q;;;;;;;;-1;/p+1/t14?,15-;;;;;;;;;/m0........./s1. The maximum absolute atomic E-state index is 12.2. The second-order valence-electron chi connectivity index (χ2n) is 12.9. The minimum Gasteiger partial charge on any atom is -0.543 e. The summed E-state index contributed by atoms with van der Waals surface area (Å²) in [6.07, 6.45) is 9.58. The molecule has 62 heavy (non-hydrogen) atoms. The van der Waals surface area contributed by atoms with E-state index in [1.54, 1.807) is 25.9 Å². The van der Waals surface area contributed by atoms with Gasteiger partial charge in [0.15, 0.2) is 18.6 Å². The van der Waals surface area contributed by atoms with Gasteiger partial charge in [0.05, 0.1) is 37.1 Å². The van der Waals surface area contributed by atoms with Gasteiger partial charge in [0.2, 0.25) is 18.2 Å². The number of ketones is 1. The summed E-state index contributed by atoms with van der Waals surface area (Å²) in [5.74, 6) is 0.388. The van der Waals surface area contributed by atoms with Crippen molar-refractivity contribution in [2.45, 2.75) is 158 Å². The van der Waals surface area contributed by atoms with Gasteiger partial charge in [-0.25, -0.2) is 4.79 Å². The van der Waals surface area contributed by atoms with Crippen LogP contribution in [0.5, 0.6) is 0 Å². The van der Waals surface area contributed by atoms with E-state index >= 15 is 0 Å². The van der Waals surface area contributed by atoms with Gasteiger partial charge in [-0.3, -0.25) is 33.8 Å². The van der Waals surface area contributed by atoms with Crippen LogP contribution in [0.3, 0.4) is 0 Å². The van der Waals surface area contributed by atoms with Crippen molar-refractivity contribution in [2.75, 3.05) is 27.2 Å². The third kappa shape index (κ3) is 74.7. The molecule has 370 valence electrons. The Morgan fingerprint density at radius 2 is 1.42 bits per heavy atom. The van der Waals surface area contributed by atoms with Crippen LogP contribution in [-0.2, 0) is 52.6 Å². The van der Waals surface area contributed by atoms with Crippen LogP contribution in [0.25, 0.3) is 0 Å². The summed E-state index contributed by atoms with van der Waals surface area (Å²) in [6.45, 7) is 23.1. The molecule has 2 atom stereocenters. The largest absolute Gasteiger partial charge is 0.543 e. The summed E-state index contributed by atoms with van der Waals surface area (Å²) in [5, 5.41) is 18.7. The van der Waals surface area contributed by atoms with Gasteiger partial charge in [0.1, 0.15) is 12.3 Å². The van der Waals surface area contributed by atoms with E-state index in [1.807, 2.05) is 55.5 Å². The smallest absolute Gasteiger partial charge is 0.351 e. The summed E-state index contributed by atoms with van der Waals surface area (Å²) >= 11 is 0. The van der Waals surface area contributed by atoms with Crippen LogP contribution in [0.15, 0.2) is 0 Å². The number of primary amides is 3. The van der Waals surface area contributed by atoms with Crippen molar-refractivity contribution in [1.82, 2.24) is 15.5 Å². The molecule has 21 heteroatoms. The van der Waals surface area contributed by atoms with Crippen LogP contribution in [0.4, 0.5) is 0 Å². The zero-order chi connectivity index (χ0) is 49.6. The summed E-state index contributed by atoms with van der Waals surface area (Å²) in [5.41, 5.74) is 13.1. The number of aldehydes is 2. The Labute approximate surface area is 365 Å². The van der Waals surface area contributed by atoms with Gasteiger partial charge in [0, 0.05) is 26.4 Å². The van der Waals surface area contributed by atoms with E-state index in [2.05, 4.69) is 45.7 Å². The van der Waals surface area contributed by atoms with E-state index in [9.17, 15) is 28.8 Å². The molecule has 0 aliphatic carbocycles. The summed E-state index contributed by atoms with van der Waals surface area (Å²) < 4.78 is 9.11. The number of unbranched alkanes of at least 4 members (excludes halogenated alkanes) is 1. The molecule has 5 amide bonds. The van der Waals surface area contributed by atoms with Gasteiger partial charge >= 0.3 is 5.91 Å². The Kier molecular flexibility index (Phi) is 78.8. The van der Waals surface area contributed by atoms with E-state index in [1.165, 1.54) is 6.42 Å². The minimum atomic E-state index is -0.599. The second kappa shape index (κ2) is 63.9. The molecule has 11 N–H and O–H groups in total. The number of nitrogens with zero attached hydrogens (tertiary/aromatic N) is 1. The molecule has 0 bridgehead atoms. The molecule has 20 nitrogen and oxygen atoms in total. The van der Waals surface area contributed by atoms with Crippen molar-refractivity contribution in [2.24, 2.45) is 23.1 Å². The number of amidine groups is 1. The first-order chi connectivity index (χ1) is 28.7. The van der Waals surface area contributed by atoms with Gasteiger partial charge in [-0.2, -0.15) is 11.3 Å². The molecule has 1 aliphatic heterocycles. The molecule has 0 saturated heterocycles. The average molecular weight is 1140 g/mol. The second-order valence-corrected chi connectivity index (χ2v) is 12.9. The molecule has 0 aromatic heterocycles. The van der Waals surface area contributed by atoms with Gasteiger partial charge < -0.3 is 57.7 Å². The Morgan fingerprint density at radius 1 is 0.952 bits per heavy atom. The van der Waals surface area contributed by atoms with Gasteiger partial charge in [-0.15, -0.1) is 0 Å². The number of Topliss-reactive ketones (excluding diaryl/α,β-unsaturated/α-hetero) is 1. The van der Waals surface area contributed by atoms with E-state index in [-0.39, 0.29) is 55.0 Å². The van der Waals surface area contributed by atoms with E-state index in [4.69, 9.17) is 35.7 Å². The first-order valence-corrected chi connectivity index (χ1v) is 20.2. The van der Waals surface area contributed by atoms with E-state index in [0.29, 0.717) is 68.9 Å².